The van der Waals surface area contributed by atoms with Crippen LogP contribution in [0.3, 0.4) is 0 Å². The van der Waals surface area contributed by atoms with Gasteiger partial charge in [0.25, 0.3) is 0 Å². The first-order chi connectivity index (χ1) is 8.48. The molecule has 1 saturated carbocycles. The van der Waals surface area contributed by atoms with Gasteiger partial charge in [0.05, 0.1) is 0 Å². The molecule has 18 heavy (non-hydrogen) atoms. The Balaban J connectivity index is 2.14. The molecule has 1 aliphatic rings. The summed E-state index contributed by atoms with van der Waals surface area (Å²) in [7, 11) is 0. The van der Waals surface area contributed by atoms with Crippen molar-refractivity contribution in [2.75, 3.05) is 5.32 Å². The Kier molecular flexibility index (Phi) is 3.37. The molecule has 1 heterocycles. The SMILES string of the molecule is C=C1CC(C)(C)CC(=C)C1=CNc1ccncc1. The van der Waals surface area contributed by atoms with Gasteiger partial charge in [-0.2, -0.15) is 0 Å². The van der Waals surface area contributed by atoms with Crippen molar-refractivity contribution in [2.24, 2.45) is 5.41 Å². The zero-order valence-electron chi connectivity index (χ0n) is 11.2. The van der Waals surface area contributed by atoms with Crippen LogP contribution in [-0.2, 0) is 0 Å². The number of rotatable bonds is 2. The second-order valence-corrected chi connectivity index (χ2v) is 5.66. The lowest BCUT2D eigenvalue weighted by Gasteiger charge is -2.34. The number of pyridine rings is 1. The summed E-state index contributed by atoms with van der Waals surface area (Å²) in [6, 6.07) is 3.88. The first-order valence-electron chi connectivity index (χ1n) is 6.21. The number of nitrogens with zero attached hydrogens (tertiary/aromatic N) is 1. The Morgan fingerprint density at radius 2 is 1.72 bits per heavy atom. The summed E-state index contributed by atoms with van der Waals surface area (Å²) in [6.07, 6.45) is 7.60. The van der Waals surface area contributed by atoms with Crippen molar-refractivity contribution >= 4 is 5.69 Å². The Hall–Kier alpha value is -1.83. The summed E-state index contributed by atoms with van der Waals surface area (Å²) in [5, 5.41) is 3.28. The van der Waals surface area contributed by atoms with Crippen LogP contribution in [0.2, 0.25) is 0 Å². The predicted octanol–water partition coefficient (Wildman–Crippen LogP) is 4.31. The van der Waals surface area contributed by atoms with Crippen LogP contribution in [0, 0.1) is 5.41 Å². The molecule has 0 unspecified atom stereocenters. The largest absolute Gasteiger partial charge is 0.361 e. The summed E-state index contributed by atoms with van der Waals surface area (Å²) in [6.45, 7) is 12.9. The molecule has 0 radical (unpaired) electrons. The lowest BCUT2D eigenvalue weighted by Crippen LogP contribution is -2.20. The minimum Gasteiger partial charge on any atom is -0.361 e. The fraction of sp³-hybridized carbons (Fsp3) is 0.312. The van der Waals surface area contributed by atoms with Gasteiger partial charge < -0.3 is 5.32 Å². The van der Waals surface area contributed by atoms with Crippen LogP contribution >= 0.6 is 0 Å². The van der Waals surface area contributed by atoms with Crippen LogP contribution in [0.1, 0.15) is 26.7 Å². The molecule has 1 N–H and O–H groups in total. The maximum absolute atomic E-state index is 4.17. The van der Waals surface area contributed by atoms with E-state index in [2.05, 4.69) is 37.3 Å². The second kappa shape index (κ2) is 4.81. The Morgan fingerprint density at radius 3 is 2.28 bits per heavy atom. The minimum absolute atomic E-state index is 0.280. The van der Waals surface area contributed by atoms with Gasteiger partial charge in [-0.05, 0) is 47.1 Å². The fourth-order valence-corrected chi connectivity index (χ4v) is 2.47. The standard InChI is InChI=1S/C16H20N2/c1-12-9-16(3,4)10-13(2)15(12)11-18-14-5-7-17-8-6-14/h5-8,11H,1-2,9-10H2,3-4H3,(H,17,18). The van der Waals surface area contributed by atoms with E-state index in [-0.39, 0.29) is 5.41 Å². The molecule has 0 amide bonds. The van der Waals surface area contributed by atoms with Gasteiger partial charge >= 0.3 is 0 Å². The van der Waals surface area contributed by atoms with E-state index in [1.165, 1.54) is 0 Å². The summed E-state index contributed by atoms with van der Waals surface area (Å²) < 4.78 is 0. The van der Waals surface area contributed by atoms with Crippen LogP contribution in [-0.4, -0.2) is 4.98 Å². The Labute approximate surface area is 109 Å². The van der Waals surface area contributed by atoms with Crippen molar-refractivity contribution in [3.05, 3.63) is 60.6 Å². The molecule has 94 valence electrons. The molecule has 0 aliphatic heterocycles. The molecular formula is C16H20N2. The van der Waals surface area contributed by atoms with E-state index >= 15 is 0 Å². The lowest BCUT2D eigenvalue weighted by atomic mass is 9.71. The van der Waals surface area contributed by atoms with Gasteiger partial charge in [0.2, 0.25) is 0 Å². The molecule has 2 heteroatoms. The van der Waals surface area contributed by atoms with Crippen LogP contribution in [0.4, 0.5) is 5.69 Å². The molecular weight excluding hydrogens is 220 g/mol. The van der Waals surface area contributed by atoms with Gasteiger partial charge in [-0.15, -0.1) is 0 Å². The van der Waals surface area contributed by atoms with Crippen molar-refractivity contribution < 1.29 is 0 Å². The van der Waals surface area contributed by atoms with Crippen LogP contribution in [0.25, 0.3) is 0 Å². The zero-order chi connectivity index (χ0) is 13.2. The summed E-state index contributed by atoms with van der Waals surface area (Å²) >= 11 is 0. The third-order valence-electron chi connectivity index (χ3n) is 3.21. The minimum atomic E-state index is 0.280. The molecule has 1 fully saturated rings. The third-order valence-corrected chi connectivity index (χ3v) is 3.21. The average molecular weight is 240 g/mol. The monoisotopic (exact) mass is 240 g/mol. The van der Waals surface area contributed by atoms with Gasteiger partial charge in [0, 0.05) is 24.3 Å². The molecule has 1 aromatic rings. The van der Waals surface area contributed by atoms with Crippen molar-refractivity contribution in [1.82, 2.24) is 4.98 Å². The highest BCUT2D eigenvalue weighted by molar-refractivity contribution is 5.53. The van der Waals surface area contributed by atoms with E-state index in [0.29, 0.717) is 0 Å². The number of nitrogens with one attached hydrogen (secondary N) is 1. The number of allylic oxidation sites excluding steroid dienone is 3. The Morgan fingerprint density at radius 1 is 1.17 bits per heavy atom. The topological polar surface area (TPSA) is 24.9 Å². The molecule has 0 bridgehead atoms. The van der Waals surface area contributed by atoms with E-state index in [1.54, 1.807) is 12.4 Å². The maximum Gasteiger partial charge on any atom is 0.0410 e. The Bertz CT molecular complexity index is 473. The van der Waals surface area contributed by atoms with Crippen LogP contribution in [0.15, 0.2) is 60.6 Å². The molecule has 2 nitrogen and oxygen atoms in total. The number of anilines is 1. The summed E-state index contributed by atoms with van der Waals surface area (Å²) in [4.78, 5) is 3.99. The van der Waals surface area contributed by atoms with E-state index in [1.807, 2.05) is 18.3 Å². The molecule has 0 aromatic carbocycles. The normalized spacial score (nSPS) is 18.7. The molecule has 0 spiro atoms. The van der Waals surface area contributed by atoms with E-state index in [9.17, 15) is 0 Å². The molecule has 0 atom stereocenters. The third kappa shape index (κ3) is 2.89. The first-order valence-corrected chi connectivity index (χ1v) is 6.21. The second-order valence-electron chi connectivity index (χ2n) is 5.66. The number of hydrogen-bond acceptors (Lipinski definition) is 2. The lowest BCUT2D eigenvalue weighted by molar-refractivity contribution is 0.349. The smallest absolute Gasteiger partial charge is 0.0410 e. The fourth-order valence-electron chi connectivity index (χ4n) is 2.47. The zero-order valence-corrected chi connectivity index (χ0v) is 11.2. The van der Waals surface area contributed by atoms with E-state index < -0.39 is 0 Å². The summed E-state index contributed by atoms with van der Waals surface area (Å²) in [5.41, 5.74) is 4.80. The highest BCUT2D eigenvalue weighted by atomic mass is 14.8. The number of aromatic nitrogens is 1. The predicted molar refractivity (Wildman–Crippen MR) is 77.2 cm³/mol. The van der Waals surface area contributed by atoms with Gasteiger partial charge in [-0.1, -0.05) is 27.0 Å². The van der Waals surface area contributed by atoms with Crippen molar-refractivity contribution in [1.29, 1.82) is 0 Å². The molecule has 1 aromatic heterocycles. The average Bonchev–Trinajstić information content (AvgIpc) is 2.27. The quantitative estimate of drug-likeness (QED) is 0.833. The molecule has 0 saturated heterocycles. The first kappa shape index (κ1) is 12.6. The van der Waals surface area contributed by atoms with Crippen LogP contribution < -0.4 is 5.32 Å². The highest BCUT2D eigenvalue weighted by Crippen LogP contribution is 2.42. The maximum atomic E-state index is 4.17. The van der Waals surface area contributed by atoms with Crippen molar-refractivity contribution in [3.63, 3.8) is 0 Å². The molecule has 1 aliphatic carbocycles. The van der Waals surface area contributed by atoms with Crippen molar-refractivity contribution in [3.8, 4) is 0 Å². The molecule has 2 rings (SSSR count). The summed E-state index contributed by atoms with van der Waals surface area (Å²) in [5.74, 6) is 0. The number of hydrogen-bond donors (Lipinski definition) is 1. The van der Waals surface area contributed by atoms with Gasteiger partial charge in [0.15, 0.2) is 0 Å². The van der Waals surface area contributed by atoms with Crippen LogP contribution in [0.5, 0.6) is 0 Å². The van der Waals surface area contributed by atoms with E-state index in [0.717, 1.165) is 35.2 Å². The highest BCUT2D eigenvalue weighted by Gasteiger charge is 2.28. The van der Waals surface area contributed by atoms with Gasteiger partial charge in [-0.3, -0.25) is 4.98 Å². The van der Waals surface area contributed by atoms with Gasteiger partial charge in [-0.25, -0.2) is 0 Å². The van der Waals surface area contributed by atoms with Crippen molar-refractivity contribution in [2.45, 2.75) is 26.7 Å². The van der Waals surface area contributed by atoms with Gasteiger partial charge in [0.1, 0.15) is 0 Å². The van der Waals surface area contributed by atoms with E-state index in [4.69, 9.17) is 0 Å².